The lowest BCUT2D eigenvalue weighted by atomic mass is 10.7. The Bertz CT molecular complexity index is 139. The highest BCUT2D eigenvalue weighted by molar-refractivity contribution is 5.82. The first-order chi connectivity index (χ1) is 3.91. The molecule has 0 aliphatic rings. The fourth-order valence-corrected chi connectivity index (χ4v) is 0.204. The Morgan fingerprint density at radius 2 is 2.38 bits per heavy atom. The monoisotopic (exact) mass is 108 g/mol. The first kappa shape index (κ1) is 6.86. The van der Waals surface area contributed by atoms with Crippen molar-refractivity contribution in [3.63, 3.8) is 0 Å². The first-order valence-corrected chi connectivity index (χ1v) is 2.22. The highest BCUT2D eigenvalue weighted by atomic mass is 14.6. The van der Waals surface area contributed by atoms with Gasteiger partial charge in [0.25, 0.3) is 0 Å². The summed E-state index contributed by atoms with van der Waals surface area (Å²) in [6.45, 7) is 3.36. The van der Waals surface area contributed by atoms with Crippen molar-refractivity contribution in [1.82, 2.24) is 0 Å². The summed E-state index contributed by atoms with van der Waals surface area (Å²) in [7, 11) is 1.69. The second-order valence-electron chi connectivity index (χ2n) is 1.01. The minimum absolute atomic E-state index is 1.42. The molecule has 0 N–H and O–H groups in total. The van der Waals surface area contributed by atoms with Crippen LogP contribution in [0.15, 0.2) is 28.8 Å². The van der Waals surface area contributed by atoms with Gasteiger partial charge in [0.2, 0.25) is 0 Å². The van der Waals surface area contributed by atoms with Gasteiger partial charge in [-0.05, 0) is 5.87 Å². The third kappa shape index (κ3) is 4.86. The van der Waals surface area contributed by atoms with E-state index in [9.17, 15) is 0 Å². The Labute approximate surface area is 49.0 Å². The number of aliphatic imine (C=N–C) groups is 2. The molecule has 0 radical (unpaired) electrons. The van der Waals surface area contributed by atoms with Crippen LogP contribution in [0.1, 0.15) is 0 Å². The summed E-state index contributed by atoms with van der Waals surface area (Å²) >= 11 is 0. The molecule has 0 bridgehead atoms. The Morgan fingerprint density at radius 1 is 1.62 bits per heavy atom. The number of hydrogen-bond donors (Lipinski definition) is 0. The smallest absolute Gasteiger partial charge is 0.0301 e. The predicted molar refractivity (Wildman–Crippen MR) is 36.6 cm³/mol. The second-order valence-corrected chi connectivity index (χ2v) is 1.01. The van der Waals surface area contributed by atoms with Crippen LogP contribution in [-0.2, 0) is 0 Å². The third-order valence-corrected chi connectivity index (χ3v) is 0.464. The normalized spacial score (nSPS) is 8.12. The van der Waals surface area contributed by atoms with Gasteiger partial charge in [-0.25, -0.2) is 4.99 Å². The average Bonchev–Trinajstić information content (AvgIpc) is 1.81. The van der Waals surface area contributed by atoms with Gasteiger partial charge in [-0.2, -0.15) is 0 Å². The molecule has 0 aliphatic carbocycles. The van der Waals surface area contributed by atoms with Crippen LogP contribution >= 0.6 is 0 Å². The van der Waals surface area contributed by atoms with E-state index < -0.39 is 0 Å². The third-order valence-electron chi connectivity index (χ3n) is 0.464. The van der Waals surface area contributed by atoms with Crippen molar-refractivity contribution in [2.24, 2.45) is 9.98 Å². The largest absolute Gasteiger partial charge is 0.296 e. The molecule has 42 valence electrons. The molecular formula is C6H8N2. The van der Waals surface area contributed by atoms with Gasteiger partial charge in [0, 0.05) is 25.5 Å². The van der Waals surface area contributed by atoms with Crippen LogP contribution in [0.2, 0.25) is 0 Å². The van der Waals surface area contributed by atoms with Gasteiger partial charge in [0.1, 0.15) is 0 Å². The van der Waals surface area contributed by atoms with Crippen LogP contribution in [0, 0.1) is 0 Å². The van der Waals surface area contributed by atoms with E-state index in [2.05, 4.69) is 22.4 Å². The van der Waals surface area contributed by atoms with Gasteiger partial charge in [-0.15, -0.1) is 0 Å². The topological polar surface area (TPSA) is 24.7 Å². The van der Waals surface area contributed by atoms with E-state index in [4.69, 9.17) is 0 Å². The van der Waals surface area contributed by atoms with Crippen molar-refractivity contribution in [2.45, 2.75) is 0 Å². The van der Waals surface area contributed by atoms with Crippen LogP contribution in [0.5, 0.6) is 0 Å². The number of allylic oxidation sites excluding steroid dienone is 1. The van der Waals surface area contributed by atoms with Crippen LogP contribution < -0.4 is 0 Å². The molecule has 0 spiro atoms. The Balaban J connectivity index is 3.63. The molecule has 0 aromatic rings. The van der Waals surface area contributed by atoms with E-state index in [0.717, 1.165) is 0 Å². The van der Waals surface area contributed by atoms with Crippen LogP contribution in [0.25, 0.3) is 0 Å². The van der Waals surface area contributed by atoms with E-state index in [1.807, 2.05) is 0 Å². The maximum Gasteiger partial charge on any atom is 0.0301 e. The lowest BCUT2D eigenvalue weighted by molar-refractivity contribution is 1.48. The van der Waals surface area contributed by atoms with E-state index >= 15 is 0 Å². The number of rotatable bonds is 2. The van der Waals surface area contributed by atoms with Gasteiger partial charge in [0.15, 0.2) is 0 Å². The predicted octanol–water partition coefficient (Wildman–Crippen LogP) is 1.06. The van der Waals surface area contributed by atoms with Crippen molar-refractivity contribution in [2.75, 3.05) is 7.05 Å². The standard InChI is InChI=1S/C6H8N2/c1-3-8-6-4-5-7-2/h3-5H,1H2,2H3. The molecule has 0 aliphatic heterocycles. The Hall–Kier alpha value is -1.14. The highest BCUT2D eigenvalue weighted by Crippen LogP contribution is 1.59. The zero-order valence-electron chi connectivity index (χ0n) is 4.83. The molecule has 2 nitrogen and oxygen atoms in total. The molecule has 0 atom stereocenters. The molecule has 2 heteroatoms. The average molecular weight is 108 g/mol. The maximum atomic E-state index is 3.67. The van der Waals surface area contributed by atoms with Gasteiger partial charge in [-0.1, -0.05) is 6.58 Å². The molecule has 0 aromatic heterocycles. The van der Waals surface area contributed by atoms with Gasteiger partial charge in [-0.3, -0.25) is 4.99 Å². The van der Waals surface area contributed by atoms with Crippen molar-refractivity contribution < 1.29 is 0 Å². The molecule has 0 saturated heterocycles. The van der Waals surface area contributed by atoms with Crippen molar-refractivity contribution in [3.05, 3.63) is 18.9 Å². The van der Waals surface area contributed by atoms with E-state index in [1.54, 1.807) is 19.3 Å². The highest BCUT2D eigenvalue weighted by Gasteiger charge is 1.51. The molecule has 0 rings (SSSR count). The summed E-state index contributed by atoms with van der Waals surface area (Å²) in [5, 5.41) is 0. The van der Waals surface area contributed by atoms with Gasteiger partial charge in [0.05, 0.1) is 0 Å². The van der Waals surface area contributed by atoms with Gasteiger partial charge >= 0.3 is 0 Å². The molecule has 0 heterocycles. The summed E-state index contributed by atoms with van der Waals surface area (Å²) < 4.78 is 0. The lowest BCUT2D eigenvalue weighted by Gasteiger charge is -1.62. The Kier molecular flexibility index (Phi) is 5.02. The van der Waals surface area contributed by atoms with E-state index in [0.29, 0.717) is 0 Å². The van der Waals surface area contributed by atoms with E-state index in [-0.39, 0.29) is 0 Å². The minimum atomic E-state index is 1.42. The van der Waals surface area contributed by atoms with Gasteiger partial charge < -0.3 is 0 Å². The summed E-state index contributed by atoms with van der Waals surface area (Å²) in [6, 6.07) is 0. The second kappa shape index (κ2) is 5.86. The fraction of sp³-hybridized carbons (Fsp3) is 0.167. The fourth-order valence-electron chi connectivity index (χ4n) is 0.204. The van der Waals surface area contributed by atoms with Crippen molar-refractivity contribution in [1.29, 1.82) is 0 Å². The SMILES string of the molecule is C=CN=C=CC=NC. The number of nitrogens with zero attached hydrogens (tertiary/aromatic N) is 2. The molecule has 0 amide bonds. The van der Waals surface area contributed by atoms with Crippen LogP contribution in [-0.4, -0.2) is 19.1 Å². The summed E-state index contributed by atoms with van der Waals surface area (Å²) in [5.74, 6) is 2.57. The lowest BCUT2D eigenvalue weighted by Crippen LogP contribution is -1.60. The van der Waals surface area contributed by atoms with Crippen LogP contribution in [0.4, 0.5) is 0 Å². The van der Waals surface area contributed by atoms with Crippen molar-refractivity contribution in [3.8, 4) is 0 Å². The molecule has 0 unspecified atom stereocenters. The first-order valence-electron chi connectivity index (χ1n) is 2.22. The molecule has 0 aromatic carbocycles. The minimum Gasteiger partial charge on any atom is -0.296 e. The maximum absolute atomic E-state index is 3.67. The zero-order valence-corrected chi connectivity index (χ0v) is 4.83. The summed E-state index contributed by atoms with van der Waals surface area (Å²) in [5.41, 5.74) is 0. The molecule has 0 fully saturated rings. The molecule has 0 saturated carbocycles. The van der Waals surface area contributed by atoms with Crippen LogP contribution in [0.3, 0.4) is 0 Å². The van der Waals surface area contributed by atoms with Crippen molar-refractivity contribution >= 4 is 12.1 Å². The zero-order chi connectivity index (χ0) is 6.24. The number of hydrogen-bond acceptors (Lipinski definition) is 2. The Morgan fingerprint density at radius 3 is 2.88 bits per heavy atom. The van der Waals surface area contributed by atoms with E-state index in [1.165, 1.54) is 6.20 Å². The summed E-state index contributed by atoms with van der Waals surface area (Å²) in [6.07, 6.45) is 4.63. The summed E-state index contributed by atoms with van der Waals surface area (Å²) in [4.78, 5) is 7.25. The quantitative estimate of drug-likeness (QED) is 0.472. The molecule has 8 heavy (non-hydrogen) atoms. The molecular weight excluding hydrogens is 100 g/mol.